The molecule has 0 radical (unpaired) electrons. The van der Waals surface area contributed by atoms with E-state index in [1.54, 1.807) is 19.1 Å². The van der Waals surface area contributed by atoms with Crippen molar-refractivity contribution in [1.82, 2.24) is 5.32 Å². The molecule has 17 heavy (non-hydrogen) atoms. The Labute approximate surface area is 102 Å². The van der Waals surface area contributed by atoms with Gasteiger partial charge in [-0.05, 0) is 38.5 Å². The number of anilines is 1. The van der Waals surface area contributed by atoms with E-state index in [1.807, 2.05) is 26.0 Å². The molecule has 1 unspecified atom stereocenters. The van der Waals surface area contributed by atoms with Crippen molar-refractivity contribution in [1.29, 1.82) is 0 Å². The predicted molar refractivity (Wildman–Crippen MR) is 68.6 cm³/mol. The van der Waals surface area contributed by atoms with Gasteiger partial charge in [-0.1, -0.05) is 12.1 Å². The average molecular weight is 236 g/mol. The minimum atomic E-state index is -0.642. The topological polar surface area (TPSA) is 75.3 Å². The van der Waals surface area contributed by atoms with Crippen LogP contribution in [-0.2, 0) is 10.2 Å². The van der Waals surface area contributed by atoms with Crippen LogP contribution in [0.1, 0.15) is 26.3 Å². The largest absolute Gasteiger partial charge is 0.399 e. The maximum absolute atomic E-state index is 12.1. The number of hydrogen-bond acceptors (Lipinski definition) is 3. The second-order valence-corrected chi connectivity index (χ2v) is 4.80. The molecule has 0 aliphatic heterocycles. The molecular weight excluding hydrogens is 216 g/mol. The number of nitrogen functional groups attached to an aromatic ring is 1. The Bertz CT molecular complexity index is 385. The van der Waals surface area contributed by atoms with E-state index in [0.29, 0.717) is 5.69 Å². The maximum Gasteiger partial charge on any atom is 0.230 e. The zero-order chi connectivity index (χ0) is 13.1. The van der Waals surface area contributed by atoms with Crippen LogP contribution >= 0.6 is 0 Å². The first-order valence-electron chi connectivity index (χ1n) is 5.65. The molecule has 1 amide bonds. The number of nitrogens with one attached hydrogen (secondary N) is 1. The zero-order valence-corrected chi connectivity index (χ0v) is 10.5. The molecule has 4 nitrogen and oxygen atoms in total. The number of carbonyl (C=O) groups is 1. The van der Waals surface area contributed by atoms with E-state index in [1.165, 1.54) is 0 Å². The highest BCUT2D eigenvalue weighted by atomic mass is 16.3. The van der Waals surface area contributed by atoms with E-state index < -0.39 is 5.41 Å². The lowest BCUT2D eigenvalue weighted by atomic mass is 9.83. The highest BCUT2D eigenvalue weighted by Crippen LogP contribution is 2.24. The molecule has 1 aromatic carbocycles. The van der Waals surface area contributed by atoms with Gasteiger partial charge in [-0.15, -0.1) is 0 Å². The molecule has 1 aromatic rings. The summed E-state index contributed by atoms with van der Waals surface area (Å²) in [4.78, 5) is 12.1. The molecule has 0 fully saturated rings. The van der Waals surface area contributed by atoms with Crippen molar-refractivity contribution in [3.8, 4) is 0 Å². The van der Waals surface area contributed by atoms with Crippen LogP contribution in [0.15, 0.2) is 24.3 Å². The summed E-state index contributed by atoms with van der Waals surface area (Å²) in [6, 6.07) is 7.01. The molecule has 0 aliphatic carbocycles. The quantitative estimate of drug-likeness (QED) is 0.684. The van der Waals surface area contributed by atoms with Gasteiger partial charge in [0.15, 0.2) is 0 Å². The number of rotatable bonds is 4. The van der Waals surface area contributed by atoms with Gasteiger partial charge in [-0.25, -0.2) is 0 Å². The second-order valence-electron chi connectivity index (χ2n) is 4.80. The molecule has 1 atom stereocenters. The normalized spacial score (nSPS) is 13.2. The summed E-state index contributed by atoms with van der Waals surface area (Å²) in [5.74, 6) is -0.108. The van der Waals surface area contributed by atoms with E-state index in [2.05, 4.69) is 5.32 Å². The molecule has 0 saturated heterocycles. The Kier molecular flexibility index (Phi) is 4.12. The molecular formula is C13H20N2O2. The van der Waals surface area contributed by atoms with E-state index in [0.717, 1.165) is 5.56 Å². The van der Waals surface area contributed by atoms with Gasteiger partial charge in [0.25, 0.3) is 0 Å². The summed E-state index contributed by atoms with van der Waals surface area (Å²) < 4.78 is 0. The van der Waals surface area contributed by atoms with Crippen LogP contribution in [0.3, 0.4) is 0 Å². The first-order chi connectivity index (χ1) is 7.87. The van der Waals surface area contributed by atoms with Crippen molar-refractivity contribution in [2.45, 2.75) is 32.2 Å². The smallest absolute Gasteiger partial charge is 0.230 e. The van der Waals surface area contributed by atoms with Gasteiger partial charge in [0.05, 0.1) is 12.0 Å². The number of benzene rings is 1. The van der Waals surface area contributed by atoms with Crippen molar-refractivity contribution in [3.63, 3.8) is 0 Å². The summed E-state index contributed by atoms with van der Waals surface area (Å²) >= 11 is 0. The van der Waals surface area contributed by atoms with Crippen molar-refractivity contribution in [2.75, 3.05) is 12.3 Å². The van der Waals surface area contributed by atoms with Crippen molar-refractivity contribution >= 4 is 11.6 Å². The number of nitrogens with two attached hydrogens (primary N) is 1. The van der Waals surface area contributed by atoms with E-state index in [9.17, 15) is 4.79 Å². The molecule has 0 heterocycles. The fourth-order valence-corrected chi connectivity index (χ4v) is 1.48. The first-order valence-corrected chi connectivity index (χ1v) is 5.65. The van der Waals surface area contributed by atoms with Crippen LogP contribution in [0.25, 0.3) is 0 Å². The highest BCUT2D eigenvalue weighted by Gasteiger charge is 2.30. The van der Waals surface area contributed by atoms with E-state index in [-0.39, 0.29) is 18.6 Å². The molecule has 4 heteroatoms. The van der Waals surface area contributed by atoms with E-state index in [4.69, 9.17) is 10.8 Å². The molecule has 0 bridgehead atoms. The predicted octanol–water partition coefficient (Wildman–Crippen LogP) is 1.04. The number of aliphatic hydroxyl groups is 1. The Morgan fingerprint density at radius 2 is 1.94 bits per heavy atom. The molecule has 0 spiro atoms. The van der Waals surface area contributed by atoms with Crippen molar-refractivity contribution in [2.24, 2.45) is 0 Å². The second kappa shape index (κ2) is 5.19. The van der Waals surface area contributed by atoms with Gasteiger partial charge in [0.1, 0.15) is 0 Å². The summed E-state index contributed by atoms with van der Waals surface area (Å²) in [6.07, 6.45) is 0. The minimum absolute atomic E-state index is 0.0659. The summed E-state index contributed by atoms with van der Waals surface area (Å²) in [6.45, 7) is 5.39. The summed E-state index contributed by atoms with van der Waals surface area (Å²) in [5.41, 5.74) is 6.55. The Balaban J connectivity index is 2.86. The average Bonchev–Trinajstić information content (AvgIpc) is 2.29. The van der Waals surface area contributed by atoms with Crippen LogP contribution in [0, 0.1) is 0 Å². The number of hydrogen-bond donors (Lipinski definition) is 3. The number of carbonyl (C=O) groups excluding carboxylic acids is 1. The number of aliphatic hydroxyl groups excluding tert-OH is 1. The van der Waals surface area contributed by atoms with Gasteiger partial charge < -0.3 is 16.2 Å². The van der Waals surface area contributed by atoms with Crippen LogP contribution in [0.5, 0.6) is 0 Å². The van der Waals surface area contributed by atoms with Gasteiger partial charge >= 0.3 is 0 Å². The highest BCUT2D eigenvalue weighted by molar-refractivity contribution is 5.87. The zero-order valence-electron chi connectivity index (χ0n) is 10.5. The number of amides is 1. The summed E-state index contributed by atoms with van der Waals surface area (Å²) in [5, 5.41) is 11.7. The molecule has 4 N–H and O–H groups in total. The van der Waals surface area contributed by atoms with Crippen LogP contribution in [0.4, 0.5) is 5.69 Å². The fraction of sp³-hybridized carbons (Fsp3) is 0.462. The molecule has 0 aliphatic rings. The van der Waals surface area contributed by atoms with Gasteiger partial charge in [0.2, 0.25) is 5.91 Å². The van der Waals surface area contributed by atoms with Crippen LogP contribution < -0.4 is 11.1 Å². The molecule has 0 saturated carbocycles. The van der Waals surface area contributed by atoms with Crippen molar-refractivity contribution in [3.05, 3.63) is 29.8 Å². The van der Waals surface area contributed by atoms with Crippen molar-refractivity contribution < 1.29 is 9.90 Å². The standard InChI is InChI=1S/C13H20N2O2/c1-9(8-16)15-12(17)13(2,3)10-4-6-11(14)7-5-10/h4-7,9,16H,8,14H2,1-3H3,(H,15,17). The monoisotopic (exact) mass is 236 g/mol. The first kappa shape index (κ1) is 13.5. The van der Waals surface area contributed by atoms with E-state index >= 15 is 0 Å². The Morgan fingerprint density at radius 3 is 2.41 bits per heavy atom. The third kappa shape index (κ3) is 3.20. The minimum Gasteiger partial charge on any atom is -0.399 e. The lowest BCUT2D eigenvalue weighted by Crippen LogP contribution is -2.45. The van der Waals surface area contributed by atoms with Gasteiger partial charge in [0, 0.05) is 11.7 Å². The Hall–Kier alpha value is -1.55. The van der Waals surface area contributed by atoms with Crippen LogP contribution in [0.2, 0.25) is 0 Å². The third-order valence-corrected chi connectivity index (χ3v) is 2.85. The van der Waals surface area contributed by atoms with Crippen LogP contribution in [-0.4, -0.2) is 23.7 Å². The lowest BCUT2D eigenvalue weighted by Gasteiger charge is -2.26. The fourth-order valence-electron chi connectivity index (χ4n) is 1.48. The van der Waals surface area contributed by atoms with Gasteiger partial charge in [-0.2, -0.15) is 0 Å². The lowest BCUT2D eigenvalue weighted by molar-refractivity contribution is -0.126. The maximum atomic E-state index is 12.1. The molecule has 94 valence electrons. The molecule has 0 aromatic heterocycles. The molecule has 1 rings (SSSR count). The SMILES string of the molecule is CC(CO)NC(=O)C(C)(C)c1ccc(N)cc1. The van der Waals surface area contributed by atoms with Gasteiger partial charge in [-0.3, -0.25) is 4.79 Å². The summed E-state index contributed by atoms with van der Waals surface area (Å²) in [7, 11) is 0. The Morgan fingerprint density at radius 1 is 1.41 bits per heavy atom. The third-order valence-electron chi connectivity index (χ3n) is 2.85.